The molecule has 1 aliphatic heterocycles. The summed E-state index contributed by atoms with van der Waals surface area (Å²) >= 11 is 0. The van der Waals surface area contributed by atoms with E-state index in [1.807, 2.05) is 0 Å². The fourth-order valence-corrected chi connectivity index (χ4v) is 1.75. The van der Waals surface area contributed by atoms with Gasteiger partial charge in [0.15, 0.2) is 0 Å². The average Bonchev–Trinajstić information content (AvgIpc) is 2.15. The Balaban J connectivity index is 2.21. The molecule has 0 aliphatic carbocycles. The molecule has 1 rings (SSSR count). The number of carbonyl (C=O) groups is 1. The van der Waals surface area contributed by atoms with Crippen LogP contribution in [0.1, 0.15) is 12.8 Å². The summed E-state index contributed by atoms with van der Waals surface area (Å²) in [6.07, 6.45) is 3.38. The van der Waals surface area contributed by atoms with Crippen LogP contribution in [0.5, 0.6) is 0 Å². The van der Waals surface area contributed by atoms with Crippen LogP contribution in [0, 0.1) is 5.92 Å². The van der Waals surface area contributed by atoms with Crippen LogP contribution in [0.4, 0.5) is 0 Å². The van der Waals surface area contributed by atoms with E-state index in [-0.39, 0.29) is 5.92 Å². The molecular weight excluding hydrogens is 164 g/mol. The van der Waals surface area contributed by atoms with Gasteiger partial charge in [-0.05, 0) is 33.5 Å². The first kappa shape index (κ1) is 10.7. The second kappa shape index (κ2) is 5.35. The zero-order valence-corrected chi connectivity index (χ0v) is 8.70. The van der Waals surface area contributed by atoms with Crippen molar-refractivity contribution in [2.75, 3.05) is 40.3 Å². The number of piperidine rings is 1. The summed E-state index contributed by atoms with van der Waals surface area (Å²) in [6, 6.07) is 0. The van der Waals surface area contributed by atoms with Gasteiger partial charge in [-0.15, -0.1) is 0 Å². The standard InChI is InChI=1S/C10H20N2O/c1-11(2)6-7-12-5-3-4-10(8-12)9-13/h9-10H,3-8H2,1-2H3. The number of hydrogen-bond acceptors (Lipinski definition) is 3. The molecule has 76 valence electrons. The van der Waals surface area contributed by atoms with Gasteiger partial charge in [-0.3, -0.25) is 0 Å². The van der Waals surface area contributed by atoms with Crippen molar-refractivity contribution in [3.05, 3.63) is 0 Å². The normalized spacial score (nSPS) is 25.0. The van der Waals surface area contributed by atoms with Gasteiger partial charge in [0.05, 0.1) is 0 Å². The van der Waals surface area contributed by atoms with Crippen LogP contribution in [0.3, 0.4) is 0 Å². The number of carbonyl (C=O) groups excluding carboxylic acids is 1. The molecule has 3 heteroatoms. The molecule has 1 fully saturated rings. The van der Waals surface area contributed by atoms with E-state index in [2.05, 4.69) is 23.9 Å². The molecule has 0 amide bonds. The van der Waals surface area contributed by atoms with Gasteiger partial charge in [0, 0.05) is 25.6 Å². The largest absolute Gasteiger partial charge is 0.308 e. The van der Waals surface area contributed by atoms with Crippen molar-refractivity contribution in [1.82, 2.24) is 9.80 Å². The van der Waals surface area contributed by atoms with E-state index in [1.165, 1.54) is 6.42 Å². The first-order chi connectivity index (χ1) is 6.22. The predicted octanol–water partition coefficient (Wildman–Crippen LogP) is 0.459. The highest BCUT2D eigenvalue weighted by atomic mass is 16.1. The number of likely N-dealkylation sites (N-methyl/N-ethyl adjacent to an activating group) is 1. The Hall–Kier alpha value is -0.410. The fraction of sp³-hybridized carbons (Fsp3) is 0.900. The van der Waals surface area contributed by atoms with E-state index in [0.29, 0.717) is 0 Å². The molecule has 0 spiro atoms. The van der Waals surface area contributed by atoms with Gasteiger partial charge in [-0.2, -0.15) is 0 Å². The van der Waals surface area contributed by atoms with Gasteiger partial charge in [-0.25, -0.2) is 0 Å². The molecule has 1 aliphatic rings. The Bertz CT molecular complexity index is 159. The summed E-state index contributed by atoms with van der Waals surface area (Å²) in [4.78, 5) is 15.2. The molecule has 0 bridgehead atoms. The van der Waals surface area contributed by atoms with Gasteiger partial charge in [0.1, 0.15) is 6.29 Å². The minimum absolute atomic E-state index is 0.288. The van der Waals surface area contributed by atoms with Gasteiger partial charge in [0.25, 0.3) is 0 Å². The number of aldehydes is 1. The van der Waals surface area contributed by atoms with Gasteiger partial charge in [0.2, 0.25) is 0 Å². The molecule has 1 unspecified atom stereocenters. The number of nitrogens with zero attached hydrogens (tertiary/aromatic N) is 2. The Morgan fingerprint density at radius 1 is 1.54 bits per heavy atom. The van der Waals surface area contributed by atoms with E-state index >= 15 is 0 Å². The Morgan fingerprint density at radius 2 is 2.31 bits per heavy atom. The first-order valence-corrected chi connectivity index (χ1v) is 5.04. The summed E-state index contributed by atoms with van der Waals surface area (Å²) in [5.74, 6) is 0.288. The van der Waals surface area contributed by atoms with E-state index in [0.717, 1.165) is 38.9 Å². The quantitative estimate of drug-likeness (QED) is 0.593. The lowest BCUT2D eigenvalue weighted by molar-refractivity contribution is -0.112. The molecule has 0 N–H and O–H groups in total. The van der Waals surface area contributed by atoms with Crippen molar-refractivity contribution in [1.29, 1.82) is 0 Å². The third-order valence-electron chi connectivity index (χ3n) is 2.60. The van der Waals surface area contributed by atoms with Crippen molar-refractivity contribution in [2.45, 2.75) is 12.8 Å². The lowest BCUT2D eigenvalue weighted by Crippen LogP contribution is -2.39. The van der Waals surface area contributed by atoms with Crippen LogP contribution in [-0.4, -0.2) is 56.4 Å². The summed E-state index contributed by atoms with van der Waals surface area (Å²) in [5, 5.41) is 0. The summed E-state index contributed by atoms with van der Waals surface area (Å²) in [6.45, 7) is 4.32. The van der Waals surface area contributed by atoms with Crippen LogP contribution in [0.2, 0.25) is 0 Å². The molecule has 1 saturated heterocycles. The summed E-state index contributed by atoms with van der Waals surface area (Å²) in [7, 11) is 4.17. The summed E-state index contributed by atoms with van der Waals surface area (Å²) in [5.41, 5.74) is 0. The third-order valence-corrected chi connectivity index (χ3v) is 2.60. The second-order valence-corrected chi connectivity index (χ2v) is 4.14. The first-order valence-electron chi connectivity index (χ1n) is 5.04. The molecular formula is C10H20N2O. The molecule has 13 heavy (non-hydrogen) atoms. The third kappa shape index (κ3) is 3.87. The molecule has 0 aromatic rings. The SMILES string of the molecule is CN(C)CCN1CCCC(C=O)C1. The van der Waals surface area contributed by atoms with E-state index in [1.54, 1.807) is 0 Å². The highest BCUT2D eigenvalue weighted by Gasteiger charge is 2.18. The molecule has 0 saturated carbocycles. The molecule has 1 atom stereocenters. The predicted molar refractivity (Wildman–Crippen MR) is 53.8 cm³/mol. The zero-order chi connectivity index (χ0) is 9.68. The highest BCUT2D eigenvalue weighted by molar-refractivity contribution is 5.53. The van der Waals surface area contributed by atoms with Crippen molar-refractivity contribution < 1.29 is 4.79 Å². The van der Waals surface area contributed by atoms with Crippen molar-refractivity contribution in [2.24, 2.45) is 5.92 Å². The average molecular weight is 184 g/mol. The Kier molecular flexibility index (Phi) is 4.39. The van der Waals surface area contributed by atoms with E-state index < -0.39 is 0 Å². The molecule has 0 aromatic carbocycles. The fourth-order valence-electron chi connectivity index (χ4n) is 1.75. The lowest BCUT2D eigenvalue weighted by atomic mass is 10.00. The minimum Gasteiger partial charge on any atom is -0.308 e. The molecule has 0 radical (unpaired) electrons. The van der Waals surface area contributed by atoms with Gasteiger partial charge < -0.3 is 14.6 Å². The maximum atomic E-state index is 10.6. The van der Waals surface area contributed by atoms with Crippen molar-refractivity contribution >= 4 is 6.29 Å². The topological polar surface area (TPSA) is 23.6 Å². The van der Waals surface area contributed by atoms with Crippen molar-refractivity contribution in [3.8, 4) is 0 Å². The van der Waals surface area contributed by atoms with Crippen LogP contribution < -0.4 is 0 Å². The van der Waals surface area contributed by atoms with Gasteiger partial charge in [-0.1, -0.05) is 0 Å². The Morgan fingerprint density at radius 3 is 2.92 bits per heavy atom. The molecule has 3 nitrogen and oxygen atoms in total. The Labute approximate surface area is 80.7 Å². The highest BCUT2D eigenvalue weighted by Crippen LogP contribution is 2.13. The van der Waals surface area contributed by atoms with Crippen LogP contribution in [-0.2, 0) is 4.79 Å². The van der Waals surface area contributed by atoms with Crippen LogP contribution in [0.25, 0.3) is 0 Å². The maximum Gasteiger partial charge on any atom is 0.124 e. The minimum atomic E-state index is 0.288. The smallest absolute Gasteiger partial charge is 0.124 e. The number of rotatable bonds is 4. The maximum absolute atomic E-state index is 10.6. The number of likely N-dealkylation sites (tertiary alicyclic amines) is 1. The van der Waals surface area contributed by atoms with E-state index in [4.69, 9.17) is 0 Å². The molecule has 0 aromatic heterocycles. The van der Waals surface area contributed by atoms with Crippen molar-refractivity contribution in [3.63, 3.8) is 0 Å². The van der Waals surface area contributed by atoms with Crippen LogP contribution >= 0.6 is 0 Å². The lowest BCUT2D eigenvalue weighted by Gasteiger charge is -2.30. The molecule has 1 heterocycles. The van der Waals surface area contributed by atoms with Crippen LogP contribution in [0.15, 0.2) is 0 Å². The summed E-state index contributed by atoms with van der Waals surface area (Å²) < 4.78 is 0. The number of hydrogen-bond donors (Lipinski definition) is 0. The monoisotopic (exact) mass is 184 g/mol. The van der Waals surface area contributed by atoms with Gasteiger partial charge >= 0.3 is 0 Å². The van der Waals surface area contributed by atoms with E-state index in [9.17, 15) is 4.79 Å². The zero-order valence-electron chi connectivity index (χ0n) is 8.70. The second-order valence-electron chi connectivity index (χ2n) is 4.14.